The molecular formula is C15H16N2O3S. The van der Waals surface area contributed by atoms with E-state index in [1.807, 2.05) is 25.1 Å². The molecule has 0 N–H and O–H groups in total. The summed E-state index contributed by atoms with van der Waals surface area (Å²) >= 11 is 1.37. The molecule has 0 aliphatic carbocycles. The highest BCUT2D eigenvalue weighted by molar-refractivity contribution is 7.11. The average molecular weight is 304 g/mol. The highest BCUT2D eigenvalue weighted by Crippen LogP contribution is 2.31. The van der Waals surface area contributed by atoms with Crippen LogP contribution in [0.1, 0.15) is 20.9 Å². The second-order valence-corrected chi connectivity index (χ2v) is 5.76. The molecule has 0 atom stereocenters. The third kappa shape index (κ3) is 2.85. The maximum Gasteiger partial charge on any atom is 0.265 e. The molecule has 0 saturated heterocycles. The SMILES string of the molecule is Cc1ncsc1C(=O)N(C)Cc1ccc2c(c1)OCCO2. The second-order valence-electron chi connectivity index (χ2n) is 4.91. The van der Waals surface area contributed by atoms with Crippen molar-refractivity contribution in [2.24, 2.45) is 0 Å². The fourth-order valence-corrected chi connectivity index (χ4v) is 3.01. The Bertz CT molecular complexity index is 669. The first-order valence-electron chi connectivity index (χ1n) is 6.69. The van der Waals surface area contributed by atoms with Gasteiger partial charge in [0.25, 0.3) is 5.91 Å². The van der Waals surface area contributed by atoms with Crippen LogP contribution in [0.3, 0.4) is 0 Å². The molecule has 6 heteroatoms. The number of fused-ring (bicyclic) bond motifs is 1. The van der Waals surface area contributed by atoms with E-state index < -0.39 is 0 Å². The number of hydrogen-bond acceptors (Lipinski definition) is 5. The van der Waals surface area contributed by atoms with Crippen LogP contribution < -0.4 is 9.47 Å². The van der Waals surface area contributed by atoms with Crippen LogP contribution >= 0.6 is 11.3 Å². The maximum absolute atomic E-state index is 12.4. The van der Waals surface area contributed by atoms with Crippen LogP contribution in [-0.4, -0.2) is 36.1 Å². The molecule has 3 rings (SSSR count). The first kappa shape index (κ1) is 13.9. The Balaban J connectivity index is 1.74. The van der Waals surface area contributed by atoms with Gasteiger partial charge in [0.2, 0.25) is 0 Å². The van der Waals surface area contributed by atoms with E-state index in [9.17, 15) is 4.79 Å². The second kappa shape index (κ2) is 5.73. The van der Waals surface area contributed by atoms with Crippen molar-refractivity contribution < 1.29 is 14.3 Å². The quantitative estimate of drug-likeness (QED) is 0.874. The Morgan fingerprint density at radius 1 is 1.33 bits per heavy atom. The molecule has 110 valence electrons. The van der Waals surface area contributed by atoms with E-state index in [0.717, 1.165) is 22.8 Å². The maximum atomic E-state index is 12.4. The molecule has 0 spiro atoms. The minimum atomic E-state index is -0.00936. The van der Waals surface area contributed by atoms with Gasteiger partial charge in [-0.2, -0.15) is 0 Å². The fraction of sp³-hybridized carbons (Fsp3) is 0.333. The predicted molar refractivity (Wildman–Crippen MR) is 80.1 cm³/mol. The molecule has 0 unspecified atom stereocenters. The van der Waals surface area contributed by atoms with Crippen LogP contribution in [0.15, 0.2) is 23.7 Å². The lowest BCUT2D eigenvalue weighted by Gasteiger charge is -2.21. The van der Waals surface area contributed by atoms with Gasteiger partial charge >= 0.3 is 0 Å². The molecule has 2 heterocycles. The van der Waals surface area contributed by atoms with E-state index in [1.165, 1.54) is 11.3 Å². The van der Waals surface area contributed by atoms with Gasteiger partial charge in [-0.05, 0) is 24.6 Å². The molecule has 0 saturated carbocycles. The lowest BCUT2D eigenvalue weighted by molar-refractivity contribution is 0.0788. The summed E-state index contributed by atoms with van der Waals surface area (Å²) in [5.41, 5.74) is 3.48. The number of rotatable bonds is 3. The minimum absolute atomic E-state index is 0.00936. The first-order valence-corrected chi connectivity index (χ1v) is 7.57. The summed E-state index contributed by atoms with van der Waals surface area (Å²) in [6.45, 7) is 3.51. The van der Waals surface area contributed by atoms with Crippen molar-refractivity contribution in [3.8, 4) is 11.5 Å². The molecule has 0 fully saturated rings. The minimum Gasteiger partial charge on any atom is -0.486 e. The largest absolute Gasteiger partial charge is 0.486 e. The normalized spacial score (nSPS) is 13.0. The van der Waals surface area contributed by atoms with Crippen LogP contribution in [0, 0.1) is 6.92 Å². The summed E-state index contributed by atoms with van der Waals surface area (Å²) in [7, 11) is 1.79. The van der Waals surface area contributed by atoms with Crippen LogP contribution in [0.25, 0.3) is 0 Å². The number of amides is 1. The van der Waals surface area contributed by atoms with E-state index in [-0.39, 0.29) is 5.91 Å². The molecule has 0 radical (unpaired) electrons. The number of thiazole rings is 1. The van der Waals surface area contributed by atoms with Crippen molar-refractivity contribution in [3.63, 3.8) is 0 Å². The Kier molecular flexibility index (Phi) is 3.79. The predicted octanol–water partition coefficient (Wildman–Crippen LogP) is 2.49. The van der Waals surface area contributed by atoms with Crippen molar-refractivity contribution in [2.45, 2.75) is 13.5 Å². The number of aromatic nitrogens is 1. The Labute approximate surface area is 127 Å². The summed E-state index contributed by atoms with van der Waals surface area (Å²) in [4.78, 5) is 18.9. The van der Waals surface area contributed by atoms with E-state index >= 15 is 0 Å². The molecule has 1 aliphatic heterocycles. The summed E-state index contributed by atoms with van der Waals surface area (Å²) in [5.74, 6) is 1.50. The van der Waals surface area contributed by atoms with E-state index in [1.54, 1.807) is 17.5 Å². The monoisotopic (exact) mass is 304 g/mol. The lowest BCUT2D eigenvalue weighted by atomic mass is 10.2. The topological polar surface area (TPSA) is 51.7 Å². The average Bonchev–Trinajstić information content (AvgIpc) is 2.92. The summed E-state index contributed by atoms with van der Waals surface area (Å²) in [5, 5.41) is 0. The Morgan fingerprint density at radius 3 is 2.81 bits per heavy atom. The van der Waals surface area contributed by atoms with Crippen LogP contribution in [0.5, 0.6) is 11.5 Å². The Hall–Kier alpha value is -2.08. The molecule has 1 aromatic heterocycles. The van der Waals surface area contributed by atoms with Gasteiger partial charge in [0.15, 0.2) is 11.5 Å². The van der Waals surface area contributed by atoms with Gasteiger partial charge in [-0.3, -0.25) is 4.79 Å². The van der Waals surface area contributed by atoms with Crippen molar-refractivity contribution in [1.29, 1.82) is 0 Å². The zero-order valence-corrected chi connectivity index (χ0v) is 12.8. The highest BCUT2D eigenvalue weighted by Gasteiger charge is 2.18. The van der Waals surface area contributed by atoms with Gasteiger partial charge in [0, 0.05) is 13.6 Å². The molecule has 21 heavy (non-hydrogen) atoms. The van der Waals surface area contributed by atoms with Gasteiger partial charge in [0.05, 0.1) is 11.2 Å². The zero-order valence-electron chi connectivity index (χ0n) is 12.0. The number of carbonyl (C=O) groups excluding carboxylic acids is 1. The van der Waals surface area contributed by atoms with Crippen LogP contribution in [0.2, 0.25) is 0 Å². The van der Waals surface area contributed by atoms with Crippen molar-refractivity contribution in [2.75, 3.05) is 20.3 Å². The van der Waals surface area contributed by atoms with Crippen molar-refractivity contribution in [1.82, 2.24) is 9.88 Å². The van der Waals surface area contributed by atoms with Gasteiger partial charge in [-0.25, -0.2) is 4.98 Å². The van der Waals surface area contributed by atoms with Crippen molar-refractivity contribution in [3.05, 3.63) is 39.8 Å². The zero-order chi connectivity index (χ0) is 14.8. The van der Waals surface area contributed by atoms with E-state index in [0.29, 0.717) is 24.6 Å². The molecule has 5 nitrogen and oxygen atoms in total. The van der Waals surface area contributed by atoms with Gasteiger partial charge < -0.3 is 14.4 Å². The first-order chi connectivity index (χ1) is 10.1. The number of ether oxygens (including phenoxy) is 2. The van der Waals surface area contributed by atoms with Gasteiger partial charge in [-0.15, -0.1) is 11.3 Å². The van der Waals surface area contributed by atoms with Gasteiger partial charge in [0.1, 0.15) is 18.1 Å². The summed E-state index contributed by atoms with van der Waals surface area (Å²) < 4.78 is 11.1. The number of carbonyl (C=O) groups is 1. The highest BCUT2D eigenvalue weighted by atomic mass is 32.1. The molecule has 1 aromatic carbocycles. The third-order valence-corrected chi connectivity index (χ3v) is 4.23. The smallest absolute Gasteiger partial charge is 0.265 e. The van der Waals surface area contributed by atoms with Gasteiger partial charge in [-0.1, -0.05) is 6.07 Å². The summed E-state index contributed by atoms with van der Waals surface area (Å²) in [6, 6.07) is 5.77. The summed E-state index contributed by atoms with van der Waals surface area (Å²) in [6.07, 6.45) is 0. The van der Waals surface area contributed by atoms with Crippen LogP contribution in [-0.2, 0) is 6.54 Å². The number of benzene rings is 1. The molecule has 2 aromatic rings. The number of aryl methyl sites for hydroxylation is 1. The Morgan fingerprint density at radius 2 is 2.10 bits per heavy atom. The lowest BCUT2D eigenvalue weighted by Crippen LogP contribution is -2.26. The fourth-order valence-electron chi connectivity index (χ4n) is 2.21. The number of hydrogen-bond donors (Lipinski definition) is 0. The molecular weight excluding hydrogens is 288 g/mol. The van der Waals surface area contributed by atoms with Crippen LogP contribution in [0.4, 0.5) is 0 Å². The van der Waals surface area contributed by atoms with E-state index in [4.69, 9.17) is 9.47 Å². The molecule has 1 aliphatic rings. The standard InChI is InChI=1S/C15H16N2O3S/c1-10-14(21-9-16-10)15(18)17(2)8-11-3-4-12-13(7-11)20-6-5-19-12/h3-4,7,9H,5-6,8H2,1-2H3. The molecule has 1 amide bonds. The van der Waals surface area contributed by atoms with Crippen molar-refractivity contribution >= 4 is 17.2 Å². The number of nitrogens with zero attached hydrogens (tertiary/aromatic N) is 2. The third-order valence-electron chi connectivity index (χ3n) is 3.31. The molecule has 0 bridgehead atoms. The van der Waals surface area contributed by atoms with E-state index in [2.05, 4.69) is 4.98 Å².